The molecule has 0 spiro atoms. The van der Waals surface area contributed by atoms with Crippen molar-refractivity contribution >= 4 is 45.9 Å². The average Bonchev–Trinajstić information content (AvgIpc) is 3.86. The number of H-pyrrole nitrogens is 2. The number of nitrogens with zero attached hydrogens (tertiary/aromatic N) is 2. The molecule has 6 nitrogen and oxygen atoms in total. The van der Waals surface area contributed by atoms with Crippen LogP contribution in [-0.2, 0) is 22.7 Å². The SMILES string of the molecule is [2H]c1c(C(C)OCc2cc(F)ccc2F)c2cc3nc(cc4ccc(cc5nc(cc1[nH]2)C=C5)[nH]4)C(C(C)OCc1cc(F)ccc1F)=C3. The molecule has 2 atom stereocenters. The molecule has 0 amide bonds. The molecule has 7 rings (SSSR count). The van der Waals surface area contributed by atoms with E-state index in [-0.39, 0.29) is 30.4 Å². The number of nitrogens with one attached hydrogen (secondary N) is 2. The largest absolute Gasteiger partial charge is 0.369 e. The van der Waals surface area contributed by atoms with Crippen LogP contribution in [0.25, 0.3) is 45.9 Å². The zero-order valence-electron chi connectivity index (χ0n) is 27.0. The Hall–Kier alpha value is -5.32. The van der Waals surface area contributed by atoms with Crippen LogP contribution < -0.4 is 0 Å². The quantitative estimate of drug-likeness (QED) is 0.161. The van der Waals surface area contributed by atoms with Gasteiger partial charge in [0.05, 0.1) is 49.6 Å². The van der Waals surface area contributed by atoms with Crippen molar-refractivity contribution in [1.29, 1.82) is 0 Å². The van der Waals surface area contributed by atoms with E-state index in [0.29, 0.717) is 44.9 Å². The van der Waals surface area contributed by atoms with Gasteiger partial charge in [-0.15, -0.1) is 0 Å². The minimum atomic E-state index is -0.709. The highest BCUT2D eigenvalue weighted by atomic mass is 19.1. The Morgan fingerprint density at radius 3 is 1.94 bits per heavy atom. The van der Waals surface area contributed by atoms with Gasteiger partial charge in [-0.05, 0) is 111 Å². The third kappa shape index (κ3) is 6.85. The van der Waals surface area contributed by atoms with Crippen LogP contribution in [0.3, 0.4) is 0 Å². The fraction of sp³-hybridized carbons (Fsp3) is 0.158. The van der Waals surface area contributed by atoms with E-state index in [1.807, 2.05) is 42.5 Å². The molecule has 0 fully saturated rings. The molecule has 8 bridgehead atoms. The summed E-state index contributed by atoms with van der Waals surface area (Å²) >= 11 is 0. The van der Waals surface area contributed by atoms with Gasteiger partial charge in [0.25, 0.3) is 0 Å². The van der Waals surface area contributed by atoms with Gasteiger partial charge in [0.15, 0.2) is 0 Å². The summed E-state index contributed by atoms with van der Waals surface area (Å²) in [6.07, 6.45) is 4.28. The minimum Gasteiger partial charge on any atom is -0.369 e. The van der Waals surface area contributed by atoms with E-state index in [4.69, 9.17) is 15.8 Å². The van der Waals surface area contributed by atoms with Gasteiger partial charge in [-0.2, -0.15) is 0 Å². The van der Waals surface area contributed by atoms with Gasteiger partial charge in [-0.1, -0.05) is 0 Å². The fourth-order valence-corrected chi connectivity index (χ4v) is 5.61. The van der Waals surface area contributed by atoms with Gasteiger partial charge < -0.3 is 19.4 Å². The lowest BCUT2D eigenvalue weighted by Gasteiger charge is -2.15. The smallest absolute Gasteiger partial charge is 0.128 e. The molecule has 2 aliphatic heterocycles. The van der Waals surface area contributed by atoms with Crippen molar-refractivity contribution in [2.75, 3.05) is 0 Å². The van der Waals surface area contributed by atoms with E-state index in [2.05, 4.69) is 15.0 Å². The van der Waals surface area contributed by atoms with Crippen LogP contribution in [0.5, 0.6) is 0 Å². The third-order valence-corrected chi connectivity index (χ3v) is 8.11. The first-order chi connectivity index (χ1) is 23.6. The standard InChI is InChI=1S/C38H30F4N4O2/c1-21(47-19-23-11-25(39)3-9-35(23)41)33-15-31-14-29-6-5-27(43-29)13-28-7-8-30(44-28)17-37-34(16-32(46-37)18-38(33)45-31)22(2)48-20-24-12-26(40)4-10-36(24)42/h3-18,21-22,44-45H,19-20H2,1-2H3/i15D. The molecule has 3 aromatic heterocycles. The number of aromatic amines is 2. The van der Waals surface area contributed by atoms with Gasteiger partial charge in [0.1, 0.15) is 23.3 Å². The number of ether oxygens (including phenoxy) is 2. The number of fused-ring (bicyclic) bond motifs is 8. The summed E-state index contributed by atoms with van der Waals surface area (Å²) in [7, 11) is 0. The first-order valence-corrected chi connectivity index (χ1v) is 15.3. The summed E-state index contributed by atoms with van der Waals surface area (Å²) in [5, 5.41) is 0. The molecule has 0 aliphatic carbocycles. The molecule has 5 aromatic rings. The van der Waals surface area contributed by atoms with Crippen LogP contribution in [0.2, 0.25) is 0 Å². The van der Waals surface area contributed by atoms with Crippen molar-refractivity contribution in [2.45, 2.75) is 39.3 Å². The lowest BCUT2D eigenvalue weighted by Crippen LogP contribution is -2.10. The molecule has 2 N–H and O–H groups in total. The van der Waals surface area contributed by atoms with Gasteiger partial charge in [-0.25, -0.2) is 27.5 Å². The summed E-state index contributed by atoms with van der Waals surface area (Å²) in [6, 6.07) is 17.7. The Morgan fingerprint density at radius 1 is 0.667 bits per heavy atom. The Bertz CT molecular complexity index is 2310. The summed E-state index contributed by atoms with van der Waals surface area (Å²) < 4.78 is 77.5. The molecule has 2 aromatic carbocycles. The minimum absolute atomic E-state index is 0.0588. The zero-order valence-corrected chi connectivity index (χ0v) is 26.0. The molecule has 2 unspecified atom stereocenters. The lowest BCUT2D eigenvalue weighted by molar-refractivity contribution is 0.0517. The van der Waals surface area contributed by atoms with E-state index in [0.717, 1.165) is 47.4 Å². The highest BCUT2D eigenvalue weighted by Crippen LogP contribution is 2.31. The van der Waals surface area contributed by atoms with Gasteiger partial charge in [0, 0.05) is 44.3 Å². The van der Waals surface area contributed by atoms with E-state index < -0.39 is 35.5 Å². The Balaban J connectivity index is 1.34. The van der Waals surface area contributed by atoms with Crippen molar-refractivity contribution in [1.82, 2.24) is 19.9 Å². The van der Waals surface area contributed by atoms with Crippen LogP contribution in [-0.4, -0.2) is 26.0 Å². The lowest BCUT2D eigenvalue weighted by atomic mass is 10.1. The van der Waals surface area contributed by atoms with Crippen LogP contribution in [0.1, 0.15) is 60.8 Å². The number of hydrogen-bond acceptors (Lipinski definition) is 4. The van der Waals surface area contributed by atoms with Crippen molar-refractivity contribution in [2.24, 2.45) is 0 Å². The van der Waals surface area contributed by atoms with Crippen molar-refractivity contribution in [3.05, 3.63) is 142 Å². The molecule has 48 heavy (non-hydrogen) atoms. The molecular weight excluding hydrogens is 620 g/mol. The van der Waals surface area contributed by atoms with E-state index in [1.165, 1.54) is 0 Å². The number of aromatic nitrogens is 4. The van der Waals surface area contributed by atoms with Crippen LogP contribution in [0, 0.1) is 23.3 Å². The van der Waals surface area contributed by atoms with E-state index in [1.54, 1.807) is 26.0 Å². The second-order valence-corrected chi connectivity index (χ2v) is 11.6. The third-order valence-electron chi connectivity index (χ3n) is 8.11. The highest BCUT2D eigenvalue weighted by Gasteiger charge is 2.20. The van der Waals surface area contributed by atoms with Crippen LogP contribution in [0.15, 0.2) is 78.8 Å². The molecule has 5 heterocycles. The maximum atomic E-state index is 14.4. The zero-order chi connectivity index (χ0) is 34.2. The first-order valence-electron chi connectivity index (χ1n) is 15.8. The summed E-state index contributed by atoms with van der Waals surface area (Å²) in [5.41, 5.74) is 6.40. The number of benzene rings is 2. The monoisotopic (exact) mass is 651 g/mol. The number of halogens is 4. The van der Waals surface area contributed by atoms with Crippen molar-refractivity contribution < 1.29 is 28.4 Å². The molecule has 0 saturated carbocycles. The topological polar surface area (TPSA) is 75.8 Å². The second-order valence-electron chi connectivity index (χ2n) is 11.6. The van der Waals surface area contributed by atoms with E-state index >= 15 is 0 Å². The number of hydrogen-bond donors (Lipinski definition) is 2. The Labute approximate surface area is 274 Å². The fourth-order valence-electron chi connectivity index (χ4n) is 5.61. The first kappa shape index (κ1) is 30.0. The predicted molar refractivity (Wildman–Crippen MR) is 178 cm³/mol. The second kappa shape index (κ2) is 13.1. The predicted octanol–water partition coefficient (Wildman–Crippen LogP) is 9.47. The molecule has 242 valence electrons. The normalized spacial score (nSPS) is 14.1. The summed E-state index contributed by atoms with van der Waals surface area (Å²) in [4.78, 5) is 16.2. The van der Waals surface area contributed by atoms with Crippen molar-refractivity contribution in [3.8, 4) is 0 Å². The van der Waals surface area contributed by atoms with Crippen molar-refractivity contribution in [3.63, 3.8) is 0 Å². The molecule has 2 aliphatic rings. The molecular formula is C38H30F4N4O2. The van der Waals surface area contributed by atoms with Gasteiger partial charge >= 0.3 is 0 Å². The molecule has 10 heteroatoms. The van der Waals surface area contributed by atoms with E-state index in [9.17, 15) is 17.6 Å². The maximum Gasteiger partial charge on any atom is 0.128 e. The maximum absolute atomic E-state index is 14.4. The summed E-state index contributed by atoms with van der Waals surface area (Å²) in [5.74, 6) is -2.30. The van der Waals surface area contributed by atoms with Crippen LogP contribution >= 0.6 is 0 Å². The molecule has 0 saturated heterocycles. The highest BCUT2D eigenvalue weighted by molar-refractivity contribution is 5.87. The summed E-state index contributed by atoms with van der Waals surface area (Å²) in [6.45, 7) is 3.17. The van der Waals surface area contributed by atoms with Gasteiger partial charge in [-0.3, -0.25) is 0 Å². The Kier molecular flexibility index (Phi) is 8.17. The van der Waals surface area contributed by atoms with Gasteiger partial charge in [0.2, 0.25) is 0 Å². The molecule has 0 radical (unpaired) electrons. The Morgan fingerprint density at radius 2 is 1.27 bits per heavy atom. The van der Waals surface area contributed by atoms with Crippen LogP contribution in [0.4, 0.5) is 17.6 Å². The number of rotatable bonds is 8. The average molecular weight is 652 g/mol.